The standard InChI is InChI=1S/C24H26N7OPS/c1-31-13-16-10-18(9-15-7-8-34-19(14-31)22(15)16)27-24-26-12-17(11-25)23(30-24)29-20-5-4-6-21(28-20)33(2,3)32/h4-6,9-10,12,19H,7-8,13-14H2,1-3H3,(H2,26,27,28,29,30). The molecule has 2 aromatic heterocycles. The van der Waals surface area contributed by atoms with Gasteiger partial charge in [0.05, 0.1) is 6.20 Å². The number of hydrogen-bond donors (Lipinski definition) is 2. The van der Waals surface area contributed by atoms with Crippen molar-refractivity contribution in [3.8, 4) is 6.07 Å². The van der Waals surface area contributed by atoms with Gasteiger partial charge in [-0.05, 0) is 73.5 Å². The summed E-state index contributed by atoms with van der Waals surface area (Å²) >= 11 is 2.05. The molecule has 0 fully saturated rings. The van der Waals surface area contributed by atoms with Gasteiger partial charge in [-0.25, -0.2) is 9.97 Å². The fourth-order valence-corrected chi connectivity index (χ4v) is 6.69. The number of aryl methyl sites for hydroxylation is 1. The van der Waals surface area contributed by atoms with Crippen molar-refractivity contribution in [3.05, 3.63) is 58.8 Å². The number of thioether (sulfide) groups is 1. The number of anilines is 4. The summed E-state index contributed by atoms with van der Waals surface area (Å²) in [6.45, 7) is 5.37. The van der Waals surface area contributed by atoms with E-state index in [9.17, 15) is 9.83 Å². The van der Waals surface area contributed by atoms with Gasteiger partial charge in [0, 0.05) is 24.0 Å². The van der Waals surface area contributed by atoms with Crippen LogP contribution in [0.15, 0.2) is 36.5 Å². The molecule has 1 aromatic carbocycles. The van der Waals surface area contributed by atoms with Gasteiger partial charge in [0.15, 0.2) is 5.82 Å². The van der Waals surface area contributed by atoms with Crippen LogP contribution in [0.5, 0.6) is 0 Å². The van der Waals surface area contributed by atoms with Crippen LogP contribution in [0.4, 0.5) is 23.3 Å². The third-order valence-electron chi connectivity index (χ3n) is 5.98. The third-order valence-corrected chi connectivity index (χ3v) is 8.56. The first-order valence-electron chi connectivity index (χ1n) is 11.1. The first kappa shape index (κ1) is 22.9. The zero-order valence-corrected chi connectivity index (χ0v) is 21.1. The monoisotopic (exact) mass is 491 g/mol. The molecule has 3 aromatic rings. The van der Waals surface area contributed by atoms with Crippen molar-refractivity contribution in [1.29, 1.82) is 5.26 Å². The van der Waals surface area contributed by atoms with Crippen molar-refractivity contribution < 1.29 is 4.57 Å². The van der Waals surface area contributed by atoms with Gasteiger partial charge in [-0.3, -0.25) is 0 Å². The molecular formula is C24H26N7OPS. The van der Waals surface area contributed by atoms with Crippen molar-refractivity contribution >= 4 is 47.6 Å². The summed E-state index contributed by atoms with van der Waals surface area (Å²) < 4.78 is 12.4. The maximum Gasteiger partial charge on any atom is 0.229 e. The minimum Gasteiger partial charge on any atom is -0.324 e. The summed E-state index contributed by atoms with van der Waals surface area (Å²) in [7, 11) is -0.347. The number of nitriles is 1. The molecule has 0 saturated carbocycles. The molecule has 5 rings (SSSR count). The number of benzene rings is 1. The summed E-state index contributed by atoms with van der Waals surface area (Å²) in [5, 5.41) is 16.5. The molecule has 0 amide bonds. The third kappa shape index (κ3) is 4.67. The molecule has 4 heterocycles. The van der Waals surface area contributed by atoms with E-state index in [2.05, 4.69) is 55.7 Å². The van der Waals surface area contributed by atoms with Crippen LogP contribution in [0.1, 0.15) is 27.5 Å². The number of aromatic nitrogens is 3. The second kappa shape index (κ2) is 9.03. The Balaban J connectivity index is 1.44. The Morgan fingerprint density at radius 1 is 1.21 bits per heavy atom. The Hall–Kier alpha value is -2.92. The van der Waals surface area contributed by atoms with Gasteiger partial charge in [-0.2, -0.15) is 22.0 Å². The maximum absolute atomic E-state index is 12.4. The largest absolute Gasteiger partial charge is 0.324 e. The second-order valence-electron chi connectivity index (χ2n) is 9.06. The number of rotatable bonds is 5. The predicted octanol–water partition coefficient (Wildman–Crippen LogP) is 4.25. The van der Waals surface area contributed by atoms with Crippen LogP contribution < -0.4 is 16.1 Å². The molecule has 34 heavy (non-hydrogen) atoms. The van der Waals surface area contributed by atoms with Crippen LogP contribution in [0.3, 0.4) is 0 Å². The lowest BCUT2D eigenvalue weighted by Gasteiger charge is -2.36. The van der Waals surface area contributed by atoms with E-state index in [1.165, 1.54) is 22.9 Å². The predicted molar refractivity (Wildman–Crippen MR) is 138 cm³/mol. The van der Waals surface area contributed by atoms with E-state index in [1.54, 1.807) is 31.5 Å². The van der Waals surface area contributed by atoms with E-state index in [0.29, 0.717) is 33.8 Å². The van der Waals surface area contributed by atoms with Gasteiger partial charge in [-0.1, -0.05) is 6.07 Å². The van der Waals surface area contributed by atoms with E-state index in [4.69, 9.17) is 0 Å². The van der Waals surface area contributed by atoms with E-state index in [1.807, 2.05) is 11.8 Å². The summed E-state index contributed by atoms with van der Waals surface area (Å²) in [6.07, 6.45) is 2.55. The average molecular weight is 492 g/mol. The zero-order chi connectivity index (χ0) is 23.9. The van der Waals surface area contributed by atoms with Gasteiger partial charge in [0.2, 0.25) is 5.95 Å². The topological polar surface area (TPSA) is 107 Å². The molecule has 2 aliphatic rings. The van der Waals surface area contributed by atoms with Crippen LogP contribution in [0.2, 0.25) is 0 Å². The average Bonchev–Trinajstić information content (AvgIpc) is 2.79. The van der Waals surface area contributed by atoms with Crippen LogP contribution >= 0.6 is 18.9 Å². The fraction of sp³-hybridized carbons (Fsp3) is 0.333. The number of hydrogen-bond acceptors (Lipinski definition) is 9. The van der Waals surface area contributed by atoms with Crippen LogP contribution in [0, 0.1) is 11.3 Å². The van der Waals surface area contributed by atoms with Gasteiger partial charge in [-0.15, -0.1) is 0 Å². The van der Waals surface area contributed by atoms with E-state index in [-0.39, 0.29) is 0 Å². The molecule has 0 bridgehead atoms. The van der Waals surface area contributed by atoms with Gasteiger partial charge in [0.1, 0.15) is 30.0 Å². The molecule has 174 valence electrons. The summed E-state index contributed by atoms with van der Waals surface area (Å²) in [4.78, 5) is 15.7. The van der Waals surface area contributed by atoms with E-state index in [0.717, 1.165) is 31.0 Å². The Bertz CT molecular complexity index is 1350. The Labute approximate surface area is 203 Å². The molecular weight excluding hydrogens is 465 g/mol. The Morgan fingerprint density at radius 2 is 2.03 bits per heavy atom. The second-order valence-corrected chi connectivity index (χ2v) is 13.5. The lowest BCUT2D eigenvalue weighted by molar-refractivity contribution is 0.308. The summed E-state index contributed by atoms with van der Waals surface area (Å²) in [5.41, 5.74) is 6.02. The van der Waals surface area contributed by atoms with Crippen molar-refractivity contribution in [3.63, 3.8) is 0 Å². The SMILES string of the molecule is CN1Cc2cc(Nc3ncc(C#N)c(Nc4cccc(P(C)(C)=O)n4)n3)cc3c2C(C1)SCC3. The normalized spacial score (nSPS) is 17.5. The van der Waals surface area contributed by atoms with Crippen molar-refractivity contribution in [2.75, 3.05) is 43.3 Å². The molecule has 2 N–H and O–H groups in total. The van der Waals surface area contributed by atoms with Crippen molar-refractivity contribution in [2.24, 2.45) is 0 Å². The molecule has 8 nitrogen and oxygen atoms in total. The minimum atomic E-state index is -2.51. The first-order chi connectivity index (χ1) is 16.3. The number of nitrogens with zero attached hydrogens (tertiary/aromatic N) is 5. The molecule has 1 atom stereocenters. The molecule has 0 aliphatic carbocycles. The smallest absolute Gasteiger partial charge is 0.229 e. The highest BCUT2D eigenvalue weighted by atomic mass is 32.2. The molecule has 2 aliphatic heterocycles. The minimum absolute atomic E-state index is 0.302. The van der Waals surface area contributed by atoms with Crippen molar-refractivity contribution in [1.82, 2.24) is 19.9 Å². The van der Waals surface area contributed by atoms with Crippen LogP contribution in [0.25, 0.3) is 0 Å². The number of likely N-dealkylation sites (N-methyl/N-ethyl adjacent to an activating group) is 1. The summed E-state index contributed by atoms with van der Waals surface area (Å²) in [6, 6.07) is 11.8. The highest BCUT2D eigenvalue weighted by Crippen LogP contribution is 2.43. The zero-order valence-electron chi connectivity index (χ0n) is 19.4. The van der Waals surface area contributed by atoms with Crippen LogP contribution in [-0.2, 0) is 17.5 Å². The van der Waals surface area contributed by atoms with Crippen molar-refractivity contribution in [2.45, 2.75) is 18.2 Å². The molecule has 0 radical (unpaired) electrons. The maximum atomic E-state index is 12.4. The molecule has 0 spiro atoms. The quantitative estimate of drug-likeness (QED) is 0.507. The molecule has 1 unspecified atom stereocenters. The molecule has 10 heteroatoms. The first-order valence-corrected chi connectivity index (χ1v) is 14.7. The number of nitrogens with one attached hydrogen (secondary N) is 2. The molecule has 0 saturated heterocycles. The summed E-state index contributed by atoms with van der Waals surface area (Å²) in [5.74, 6) is 2.35. The lowest BCUT2D eigenvalue weighted by Crippen LogP contribution is -2.31. The highest BCUT2D eigenvalue weighted by Gasteiger charge is 2.29. The van der Waals surface area contributed by atoms with Gasteiger partial charge < -0.3 is 20.1 Å². The fourth-order valence-electron chi connectivity index (χ4n) is 4.44. The van der Waals surface area contributed by atoms with E-state index < -0.39 is 7.14 Å². The van der Waals surface area contributed by atoms with E-state index >= 15 is 0 Å². The van der Waals surface area contributed by atoms with Crippen LogP contribution in [-0.4, -0.2) is 52.5 Å². The Kier molecular flexibility index (Phi) is 6.07. The Morgan fingerprint density at radius 3 is 2.82 bits per heavy atom. The number of pyridine rings is 1. The van der Waals surface area contributed by atoms with Gasteiger partial charge in [0.25, 0.3) is 0 Å². The highest BCUT2D eigenvalue weighted by molar-refractivity contribution is 7.99. The lowest BCUT2D eigenvalue weighted by atomic mass is 9.92. The van der Waals surface area contributed by atoms with Gasteiger partial charge >= 0.3 is 0 Å².